The number of para-hydroxylation sites is 2. The zero-order valence-corrected chi connectivity index (χ0v) is 23.0. The SMILES string of the molecule is C[C@H](CC(=O)[C@H](CC(=O)N1CCC[C@@H]1c1ccccc1)NC(=O)CCC(C)(C)C)c1nc2ccccc2[nH]1. The van der Waals surface area contributed by atoms with Crippen LogP contribution >= 0.6 is 0 Å². The number of fused-ring (bicyclic) bond motifs is 1. The first kappa shape index (κ1) is 27.6. The molecule has 7 heteroatoms. The predicted octanol–water partition coefficient (Wildman–Crippen LogP) is 5.69. The topological polar surface area (TPSA) is 95.2 Å². The Balaban J connectivity index is 1.47. The summed E-state index contributed by atoms with van der Waals surface area (Å²) in [5, 5.41) is 2.92. The third-order valence-corrected chi connectivity index (χ3v) is 7.34. The van der Waals surface area contributed by atoms with Crippen molar-refractivity contribution in [2.75, 3.05) is 6.54 Å². The number of Topliss-reactive ketones (excluding diaryl/α,β-unsaturated/α-hetero) is 1. The van der Waals surface area contributed by atoms with E-state index in [0.717, 1.165) is 35.3 Å². The van der Waals surface area contributed by atoms with Crippen molar-refractivity contribution in [3.05, 3.63) is 66.0 Å². The summed E-state index contributed by atoms with van der Waals surface area (Å²) in [6.07, 6.45) is 2.98. The molecule has 2 N–H and O–H groups in total. The fourth-order valence-electron chi connectivity index (χ4n) is 5.13. The van der Waals surface area contributed by atoms with Crippen LogP contribution < -0.4 is 5.32 Å². The second-order valence-electron chi connectivity index (χ2n) is 11.8. The summed E-state index contributed by atoms with van der Waals surface area (Å²) in [4.78, 5) is 49.7. The zero-order valence-electron chi connectivity index (χ0n) is 23.0. The molecule has 3 atom stereocenters. The van der Waals surface area contributed by atoms with Crippen molar-refractivity contribution in [2.45, 2.75) is 84.2 Å². The maximum Gasteiger partial charge on any atom is 0.225 e. The second-order valence-corrected chi connectivity index (χ2v) is 11.8. The molecule has 0 aliphatic carbocycles. The van der Waals surface area contributed by atoms with Gasteiger partial charge in [-0.15, -0.1) is 0 Å². The quantitative estimate of drug-likeness (QED) is 0.362. The van der Waals surface area contributed by atoms with Crippen LogP contribution in [0.5, 0.6) is 0 Å². The van der Waals surface area contributed by atoms with Crippen LogP contribution in [0.15, 0.2) is 54.6 Å². The van der Waals surface area contributed by atoms with E-state index in [2.05, 4.69) is 36.1 Å². The summed E-state index contributed by atoms with van der Waals surface area (Å²) in [6, 6.07) is 16.9. The van der Waals surface area contributed by atoms with Crippen LogP contribution in [0.3, 0.4) is 0 Å². The normalized spacial score (nSPS) is 17.4. The average molecular weight is 517 g/mol. The van der Waals surface area contributed by atoms with E-state index >= 15 is 0 Å². The number of nitrogens with zero attached hydrogens (tertiary/aromatic N) is 2. The molecule has 1 aromatic heterocycles. The Morgan fingerprint density at radius 2 is 1.76 bits per heavy atom. The van der Waals surface area contributed by atoms with Crippen LogP contribution in [-0.4, -0.2) is 45.1 Å². The molecular weight excluding hydrogens is 476 g/mol. The number of benzene rings is 2. The molecule has 4 rings (SSSR count). The van der Waals surface area contributed by atoms with E-state index in [0.29, 0.717) is 19.4 Å². The first-order valence-electron chi connectivity index (χ1n) is 13.7. The van der Waals surface area contributed by atoms with E-state index in [1.807, 2.05) is 66.4 Å². The van der Waals surface area contributed by atoms with E-state index in [1.54, 1.807) is 0 Å². The standard InChI is InChI=1S/C31H40N4O3/c1-21(30-33-23-13-8-9-14-24(23)34-30)19-27(36)25(32-28(37)16-17-31(2,3)4)20-29(38)35-18-10-15-26(35)22-11-6-5-7-12-22/h5-9,11-14,21,25-26H,10,15-20H2,1-4H3,(H,32,37)(H,33,34)/t21-,25+,26-/m1/s1. The van der Waals surface area contributed by atoms with E-state index < -0.39 is 6.04 Å². The molecule has 1 aliphatic heterocycles. The van der Waals surface area contributed by atoms with Crippen LogP contribution in [-0.2, 0) is 14.4 Å². The molecule has 202 valence electrons. The molecule has 38 heavy (non-hydrogen) atoms. The number of amides is 2. The molecule has 0 saturated carbocycles. The number of ketones is 1. The van der Waals surface area contributed by atoms with Gasteiger partial charge in [0.1, 0.15) is 5.82 Å². The number of likely N-dealkylation sites (tertiary alicyclic amines) is 1. The minimum atomic E-state index is -0.862. The highest BCUT2D eigenvalue weighted by Gasteiger charge is 2.34. The molecule has 3 aromatic rings. The third-order valence-electron chi connectivity index (χ3n) is 7.34. The number of H-pyrrole nitrogens is 1. The van der Waals surface area contributed by atoms with E-state index in [9.17, 15) is 14.4 Å². The Bertz CT molecular complexity index is 1230. The van der Waals surface area contributed by atoms with Crippen molar-refractivity contribution < 1.29 is 14.4 Å². The fraction of sp³-hybridized carbons (Fsp3) is 0.484. The monoisotopic (exact) mass is 516 g/mol. The summed E-state index contributed by atoms with van der Waals surface area (Å²) in [5.74, 6) is 0.117. The fourth-order valence-corrected chi connectivity index (χ4v) is 5.13. The lowest BCUT2D eigenvalue weighted by Gasteiger charge is -2.28. The van der Waals surface area contributed by atoms with Crippen LogP contribution in [0, 0.1) is 5.41 Å². The van der Waals surface area contributed by atoms with Crippen molar-refractivity contribution in [3.8, 4) is 0 Å². The third kappa shape index (κ3) is 7.09. The molecule has 0 bridgehead atoms. The highest BCUT2D eigenvalue weighted by Crippen LogP contribution is 2.32. The number of carbonyl (C=O) groups excluding carboxylic acids is 3. The lowest BCUT2D eigenvalue weighted by molar-refractivity contribution is -0.136. The van der Waals surface area contributed by atoms with E-state index in [4.69, 9.17) is 0 Å². The van der Waals surface area contributed by atoms with Crippen molar-refractivity contribution in [3.63, 3.8) is 0 Å². The predicted molar refractivity (Wildman–Crippen MR) is 149 cm³/mol. The summed E-state index contributed by atoms with van der Waals surface area (Å²) in [5.41, 5.74) is 2.88. The van der Waals surface area contributed by atoms with Crippen LogP contribution in [0.2, 0.25) is 0 Å². The molecule has 0 radical (unpaired) electrons. The van der Waals surface area contributed by atoms with E-state index in [1.165, 1.54) is 0 Å². The highest BCUT2D eigenvalue weighted by atomic mass is 16.2. The lowest BCUT2D eigenvalue weighted by Crippen LogP contribution is -2.45. The van der Waals surface area contributed by atoms with Crippen LogP contribution in [0.25, 0.3) is 11.0 Å². The summed E-state index contributed by atoms with van der Waals surface area (Å²) < 4.78 is 0. The molecule has 2 aromatic carbocycles. The molecule has 1 aliphatic rings. The highest BCUT2D eigenvalue weighted by molar-refractivity contribution is 5.93. The number of hydrogen-bond donors (Lipinski definition) is 2. The van der Waals surface area contributed by atoms with Crippen molar-refractivity contribution in [1.29, 1.82) is 0 Å². The number of hydrogen-bond acceptors (Lipinski definition) is 4. The van der Waals surface area contributed by atoms with Crippen LogP contribution in [0.1, 0.15) is 89.6 Å². The number of rotatable bonds is 10. The van der Waals surface area contributed by atoms with Gasteiger partial charge < -0.3 is 15.2 Å². The largest absolute Gasteiger partial charge is 0.346 e. The summed E-state index contributed by atoms with van der Waals surface area (Å²) in [6.45, 7) is 8.85. The van der Waals surface area contributed by atoms with Gasteiger partial charge in [0, 0.05) is 25.3 Å². The minimum Gasteiger partial charge on any atom is -0.346 e. The second kappa shape index (κ2) is 11.9. The Morgan fingerprint density at radius 3 is 2.47 bits per heavy atom. The molecular formula is C31H40N4O3. The Labute approximate surface area is 225 Å². The smallest absolute Gasteiger partial charge is 0.225 e. The summed E-state index contributed by atoms with van der Waals surface area (Å²) >= 11 is 0. The minimum absolute atomic E-state index is 0.000920. The number of aromatic amines is 1. The number of aromatic nitrogens is 2. The molecule has 7 nitrogen and oxygen atoms in total. The number of imidazole rings is 1. The van der Waals surface area contributed by atoms with Gasteiger partial charge in [-0.3, -0.25) is 14.4 Å². The molecule has 0 unspecified atom stereocenters. The van der Waals surface area contributed by atoms with Gasteiger partial charge in [0.05, 0.1) is 29.5 Å². The average Bonchev–Trinajstić information content (AvgIpc) is 3.55. The Kier molecular flexibility index (Phi) is 8.65. The molecule has 2 amide bonds. The van der Waals surface area contributed by atoms with Gasteiger partial charge in [-0.25, -0.2) is 4.98 Å². The van der Waals surface area contributed by atoms with Gasteiger partial charge in [0.25, 0.3) is 0 Å². The number of carbonyl (C=O) groups is 3. The first-order valence-corrected chi connectivity index (χ1v) is 13.7. The Morgan fingerprint density at radius 1 is 1.05 bits per heavy atom. The summed E-state index contributed by atoms with van der Waals surface area (Å²) in [7, 11) is 0. The molecule has 1 fully saturated rings. The first-order chi connectivity index (χ1) is 18.1. The van der Waals surface area contributed by atoms with Crippen molar-refractivity contribution in [2.24, 2.45) is 5.41 Å². The Hall–Kier alpha value is -3.48. The van der Waals surface area contributed by atoms with E-state index in [-0.39, 0.29) is 47.8 Å². The molecule has 1 saturated heterocycles. The maximum absolute atomic E-state index is 13.6. The zero-order chi connectivity index (χ0) is 27.3. The van der Waals surface area contributed by atoms with Gasteiger partial charge in [0.15, 0.2) is 5.78 Å². The lowest BCUT2D eigenvalue weighted by atomic mass is 9.90. The van der Waals surface area contributed by atoms with Crippen LogP contribution in [0.4, 0.5) is 0 Å². The molecule has 2 heterocycles. The van der Waals surface area contributed by atoms with Crippen molar-refractivity contribution in [1.82, 2.24) is 20.2 Å². The van der Waals surface area contributed by atoms with Gasteiger partial charge in [-0.2, -0.15) is 0 Å². The van der Waals surface area contributed by atoms with Crippen molar-refractivity contribution >= 4 is 28.6 Å². The van der Waals surface area contributed by atoms with Gasteiger partial charge in [0.2, 0.25) is 11.8 Å². The number of nitrogens with one attached hydrogen (secondary N) is 2. The van der Waals surface area contributed by atoms with Gasteiger partial charge >= 0.3 is 0 Å². The molecule has 0 spiro atoms. The van der Waals surface area contributed by atoms with Gasteiger partial charge in [-0.05, 0) is 42.4 Å². The maximum atomic E-state index is 13.6. The van der Waals surface area contributed by atoms with Gasteiger partial charge in [-0.1, -0.05) is 70.2 Å².